The van der Waals surface area contributed by atoms with Gasteiger partial charge in [-0.25, -0.2) is 0 Å². The zero-order valence-electron chi connectivity index (χ0n) is 56.2. The predicted molar refractivity (Wildman–Crippen MR) is 373 cm³/mol. The summed E-state index contributed by atoms with van der Waals surface area (Å²) in [7, 11) is 0. The minimum atomic E-state index is -1.57. The van der Waals surface area contributed by atoms with E-state index in [0.29, 0.717) is 6.42 Å². The minimum Gasteiger partial charge on any atom is -0.394 e. The highest BCUT2D eigenvalue weighted by Gasteiger charge is 2.44. The van der Waals surface area contributed by atoms with Gasteiger partial charge in [-0.05, 0) is 83.5 Å². The second-order valence-corrected chi connectivity index (χ2v) is 25.0. The van der Waals surface area contributed by atoms with Gasteiger partial charge in [-0.15, -0.1) is 0 Å². The van der Waals surface area contributed by atoms with Crippen LogP contribution >= 0.6 is 0 Å². The van der Waals surface area contributed by atoms with Crippen molar-refractivity contribution < 1.29 is 39.8 Å². The van der Waals surface area contributed by atoms with E-state index in [1.807, 2.05) is 6.08 Å². The van der Waals surface area contributed by atoms with Crippen LogP contribution in [0.2, 0.25) is 0 Å². The van der Waals surface area contributed by atoms with Crippen LogP contribution in [0, 0.1) is 0 Å². The first-order chi connectivity index (χ1) is 42.8. The Labute approximate surface area is 536 Å². The molecule has 7 unspecified atom stereocenters. The van der Waals surface area contributed by atoms with Crippen molar-refractivity contribution in [1.82, 2.24) is 5.32 Å². The van der Waals surface area contributed by atoms with Crippen LogP contribution in [0.3, 0.4) is 0 Å². The third kappa shape index (κ3) is 54.3. The van der Waals surface area contributed by atoms with Crippen molar-refractivity contribution in [3.8, 4) is 0 Å². The molecule has 1 amide bonds. The monoisotopic (exact) mass is 1220 g/mol. The van der Waals surface area contributed by atoms with E-state index in [0.717, 1.165) is 89.9 Å². The smallest absolute Gasteiger partial charge is 0.220 e. The molecule has 0 spiro atoms. The molecule has 9 heteroatoms. The zero-order valence-corrected chi connectivity index (χ0v) is 56.2. The van der Waals surface area contributed by atoms with Crippen LogP contribution in [0.15, 0.2) is 109 Å². The lowest BCUT2D eigenvalue weighted by atomic mass is 9.99. The van der Waals surface area contributed by atoms with E-state index in [4.69, 9.17) is 9.47 Å². The van der Waals surface area contributed by atoms with Gasteiger partial charge in [0.05, 0.1) is 25.4 Å². The molecule has 1 saturated heterocycles. The lowest BCUT2D eigenvalue weighted by Crippen LogP contribution is -2.60. The van der Waals surface area contributed by atoms with Crippen LogP contribution in [-0.4, -0.2) is 87.5 Å². The molecule has 9 nitrogen and oxygen atoms in total. The van der Waals surface area contributed by atoms with Gasteiger partial charge in [0.25, 0.3) is 0 Å². The van der Waals surface area contributed by atoms with Gasteiger partial charge in [-0.3, -0.25) is 4.79 Å². The summed E-state index contributed by atoms with van der Waals surface area (Å²) in [4.78, 5) is 13.1. The second kappa shape index (κ2) is 65.8. The Morgan fingerprint density at radius 3 is 1.06 bits per heavy atom. The van der Waals surface area contributed by atoms with Crippen molar-refractivity contribution in [3.05, 3.63) is 109 Å². The van der Waals surface area contributed by atoms with Crippen LogP contribution in [0.4, 0.5) is 0 Å². The van der Waals surface area contributed by atoms with E-state index in [2.05, 4.69) is 116 Å². The standard InChI is InChI=1S/C78H137NO8/c1-3-5-7-9-11-13-15-17-19-21-23-25-27-29-31-32-33-34-35-36-37-38-39-40-42-44-46-48-50-52-54-56-58-60-62-64-66-68-74(82)79-71(70-86-78-77(85)76(84)75(83)73(69-80)87-78)72(81)67-65-63-61-59-57-55-53-51-49-47-45-43-41-30-28-26-24-22-20-18-16-14-12-10-8-6-4-2/h5,7,11,13,17,19,23,25,29,31,33-34,36-37,39-40,65,67,71-73,75-78,80-81,83-85H,3-4,6,8-10,12,14-16,18,20-22,24,26-28,30,32,35,38,41-64,66,68-70H2,1-2H3,(H,79,82)/b7-5-,13-11-,19-17-,25-23-,31-29-,34-33-,37-36-,40-39-,67-65+. The van der Waals surface area contributed by atoms with Crippen molar-refractivity contribution in [2.45, 2.75) is 365 Å². The summed E-state index contributed by atoms with van der Waals surface area (Å²) in [5.41, 5.74) is 0. The highest BCUT2D eigenvalue weighted by atomic mass is 16.7. The van der Waals surface area contributed by atoms with Crippen molar-refractivity contribution in [3.63, 3.8) is 0 Å². The summed E-state index contributed by atoms with van der Waals surface area (Å²) in [6.07, 6.45) is 90.5. The molecular weight excluding hydrogens is 1080 g/mol. The number of ether oxygens (including phenoxy) is 2. The van der Waals surface area contributed by atoms with E-state index in [9.17, 15) is 30.3 Å². The maximum absolute atomic E-state index is 13.1. The summed E-state index contributed by atoms with van der Waals surface area (Å²) in [6, 6.07) is -0.814. The largest absolute Gasteiger partial charge is 0.394 e. The fourth-order valence-electron chi connectivity index (χ4n) is 11.2. The molecule has 87 heavy (non-hydrogen) atoms. The molecule has 502 valence electrons. The number of aliphatic hydroxyl groups excluding tert-OH is 5. The Hall–Kier alpha value is -3.15. The molecule has 0 aromatic heterocycles. The number of hydrogen-bond acceptors (Lipinski definition) is 8. The molecule has 0 aromatic rings. The molecule has 0 aliphatic carbocycles. The van der Waals surface area contributed by atoms with Gasteiger partial charge in [0.2, 0.25) is 5.91 Å². The predicted octanol–water partition coefficient (Wildman–Crippen LogP) is 20.4. The topological polar surface area (TPSA) is 149 Å². The SMILES string of the molecule is CC/C=C\C/C=C\C/C=C\C/C=C\C/C=C\C/C=C\C/C=C\C/C=C\CCCCCCCCCCCCCCC(=O)NC(COC1OC(CO)C(O)C(O)C1O)C(O)/C=C/CCCCCCCCCCCCCCCCCCCCCCCCCCC. The fourth-order valence-corrected chi connectivity index (χ4v) is 11.2. The average Bonchev–Trinajstić information content (AvgIpc) is 3.37. The van der Waals surface area contributed by atoms with Gasteiger partial charge >= 0.3 is 0 Å². The Morgan fingerprint density at radius 2 is 0.713 bits per heavy atom. The molecule has 1 rings (SSSR count). The maximum Gasteiger partial charge on any atom is 0.220 e. The lowest BCUT2D eigenvalue weighted by molar-refractivity contribution is -0.302. The minimum absolute atomic E-state index is 0.179. The normalized spacial score (nSPS) is 18.6. The number of unbranched alkanes of at least 4 members (excludes halogenated alkanes) is 37. The van der Waals surface area contributed by atoms with Gasteiger partial charge < -0.3 is 40.3 Å². The Balaban J connectivity index is 2.13. The van der Waals surface area contributed by atoms with Gasteiger partial charge in [0.15, 0.2) is 6.29 Å². The number of nitrogens with one attached hydrogen (secondary N) is 1. The first-order valence-corrected chi connectivity index (χ1v) is 36.6. The Kier molecular flexibility index (Phi) is 61.9. The Morgan fingerprint density at radius 1 is 0.402 bits per heavy atom. The third-order valence-corrected chi connectivity index (χ3v) is 16.9. The molecule has 0 aromatic carbocycles. The number of aliphatic hydroxyl groups is 5. The number of carbonyl (C=O) groups is 1. The molecule has 1 aliphatic rings. The number of carbonyl (C=O) groups excluding carboxylic acids is 1. The molecule has 6 N–H and O–H groups in total. The van der Waals surface area contributed by atoms with E-state index < -0.39 is 49.5 Å². The third-order valence-electron chi connectivity index (χ3n) is 16.9. The Bertz CT molecular complexity index is 1750. The summed E-state index contributed by atoms with van der Waals surface area (Å²) in [5.74, 6) is -0.179. The molecule has 0 bridgehead atoms. The van der Waals surface area contributed by atoms with E-state index in [1.165, 1.54) is 212 Å². The number of amides is 1. The maximum atomic E-state index is 13.1. The first kappa shape index (κ1) is 81.9. The molecule has 7 atom stereocenters. The molecule has 0 saturated carbocycles. The quantitative estimate of drug-likeness (QED) is 0.0261. The molecule has 1 fully saturated rings. The fraction of sp³-hybridized carbons (Fsp3) is 0.756. The number of hydrogen-bond donors (Lipinski definition) is 6. The van der Waals surface area contributed by atoms with Gasteiger partial charge in [-0.2, -0.15) is 0 Å². The summed E-state index contributed by atoms with van der Waals surface area (Å²) >= 11 is 0. The molecular formula is C78H137NO8. The second-order valence-electron chi connectivity index (χ2n) is 25.0. The highest BCUT2D eigenvalue weighted by Crippen LogP contribution is 2.23. The van der Waals surface area contributed by atoms with Crippen LogP contribution in [0.25, 0.3) is 0 Å². The highest BCUT2D eigenvalue weighted by molar-refractivity contribution is 5.76. The zero-order chi connectivity index (χ0) is 62.8. The van der Waals surface area contributed by atoms with Crippen LogP contribution in [0.5, 0.6) is 0 Å². The van der Waals surface area contributed by atoms with Gasteiger partial charge in [0.1, 0.15) is 24.4 Å². The van der Waals surface area contributed by atoms with Crippen molar-refractivity contribution in [1.29, 1.82) is 0 Å². The first-order valence-electron chi connectivity index (χ1n) is 36.6. The molecule has 1 heterocycles. The number of rotatable bonds is 63. The van der Waals surface area contributed by atoms with E-state index in [1.54, 1.807) is 6.08 Å². The van der Waals surface area contributed by atoms with Gasteiger partial charge in [-0.1, -0.05) is 342 Å². The lowest BCUT2D eigenvalue weighted by Gasteiger charge is -2.40. The van der Waals surface area contributed by atoms with E-state index >= 15 is 0 Å². The van der Waals surface area contributed by atoms with Crippen molar-refractivity contribution in [2.24, 2.45) is 0 Å². The summed E-state index contributed by atoms with van der Waals surface area (Å²) in [5, 5.41) is 54.8. The van der Waals surface area contributed by atoms with Gasteiger partial charge in [0, 0.05) is 6.42 Å². The summed E-state index contributed by atoms with van der Waals surface area (Å²) < 4.78 is 11.3. The molecule has 0 radical (unpaired) electrons. The van der Waals surface area contributed by atoms with Crippen molar-refractivity contribution >= 4 is 5.91 Å². The van der Waals surface area contributed by atoms with Crippen LogP contribution < -0.4 is 5.32 Å². The number of allylic oxidation sites excluding steroid dienone is 17. The van der Waals surface area contributed by atoms with Crippen molar-refractivity contribution in [2.75, 3.05) is 13.2 Å². The summed E-state index contributed by atoms with van der Waals surface area (Å²) in [6.45, 7) is 3.70. The average molecular weight is 1220 g/mol. The van der Waals surface area contributed by atoms with Crippen LogP contribution in [0.1, 0.15) is 322 Å². The van der Waals surface area contributed by atoms with Crippen LogP contribution in [-0.2, 0) is 14.3 Å². The van der Waals surface area contributed by atoms with E-state index in [-0.39, 0.29) is 12.5 Å². The molecule has 1 aliphatic heterocycles.